The van der Waals surface area contributed by atoms with E-state index in [1.54, 1.807) is 36.4 Å². The van der Waals surface area contributed by atoms with Gasteiger partial charge in [-0.3, -0.25) is 4.79 Å². The Morgan fingerprint density at radius 1 is 1.09 bits per heavy atom. The van der Waals surface area contributed by atoms with Crippen LogP contribution in [0.3, 0.4) is 0 Å². The Hall–Kier alpha value is -2.20. The van der Waals surface area contributed by atoms with Gasteiger partial charge in [0.05, 0.1) is 18.7 Å². The predicted molar refractivity (Wildman–Crippen MR) is 86.9 cm³/mol. The van der Waals surface area contributed by atoms with Crippen molar-refractivity contribution in [2.45, 2.75) is 6.92 Å². The first kappa shape index (κ1) is 16.2. The third-order valence-electron chi connectivity index (χ3n) is 2.90. The van der Waals surface area contributed by atoms with E-state index < -0.39 is 0 Å². The second kappa shape index (κ2) is 8.29. The maximum atomic E-state index is 12.1. The highest BCUT2D eigenvalue weighted by Gasteiger charge is 2.10. The van der Waals surface area contributed by atoms with Crippen molar-refractivity contribution in [1.82, 2.24) is 5.32 Å². The molecule has 0 radical (unpaired) electrons. The highest BCUT2D eigenvalue weighted by Crippen LogP contribution is 2.18. The summed E-state index contributed by atoms with van der Waals surface area (Å²) in [7, 11) is 0. The molecule has 0 heterocycles. The topological polar surface area (TPSA) is 47.6 Å². The van der Waals surface area contributed by atoms with Crippen LogP contribution in [0.1, 0.15) is 17.3 Å². The quantitative estimate of drug-likeness (QED) is 0.794. The monoisotopic (exact) mass is 319 g/mol. The van der Waals surface area contributed by atoms with Gasteiger partial charge in [-0.25, -0.2) is 0 Å². The molecule has 0 bridgehead atoms. The molecular formula is C17H18ClNO3. The number of halogens is 1. The van der Waals surface area contributed by atoms with Crippen LogP contribution in [0.2, 0.25) is 5.02 Å². The molecule has 0 saturated heterocycles. The first-order valence-electron chi connectivity index (χ1n) is 7.09. The maximum absolute atomic E-state index is 12.1. The van der Waals surface area contributed by atoms with Crippen molar-refractivity contribution >= 4 is 17.5 Å². The average molecular weight is 320 g/mol. The van der Waals surface area contributed by atoms with Crippen LogP contribution in [-0.4, -0.2) is 25.7 Å². The number of carbonyl (C=O) groups is 1. The van der Waals surface area contributed by atoms with Crippen molar-refractivity contribution in [3.05, 3.63) is 59.1 Å². The molecule has 0 fully saturated rings. The minimum absolute atomic E-state index is 0.177. The lowest BCUT2D eigenvalue weighted by molar-refractivity contribution is 0.0943. The van der Waals surface area contributed by atoms with Gasteiger partial charge in [-0.05, 0) is 43.3 Å². The van der Waals surface area contributed by atoms with E-state index >= 15 is 0 Å². The number of hydrogen-bond donors (Lipinski definition) is 1. The van der Waals surface area contributed by atoms with Gasteiger partial charge in [-0.1, -0.05) is 23.7 Å². The molecule has 1 amide bonds. The standard InChI is InChI=1S/C17H18ClNO3/c1-2-21-16-6-4-3-5-15(16)17(20)19-11-12-22-14-9-7-13(18)8-10-14/h3-10H,2,11-12H2,1H3,(H,19,20). The van der Waals surface area contributed by atoms with Crippen molar-refractivity contribution in [2.24, 2.45) is 0 Å². The smallest absolute Gasteiger partial charge is 0.255 e. The van der Waals surface area contributed by atoms with Gasteiger partial charge < -0.3 is 14.8 Å². The van der Waals surface area contributed by atoms with Crippen LogP contribution in [0.25, 0.3) is 0 Å². The fourth-order valence-corrected chi connectivity index (χ4v) is 2.02. The second-order valence-electron chi connectivity index (χ2n) is 4.49. The van der Waals surface area contributed by atoms with Gasteiger partial charge in [-0.2, -0.15) is 0 Å². The van der Waals surface area contributed by atoms with Crippen molar-refractivity contribution in [1.29, 1.82) is 0 Å². The zero-order valence-electron chi connectivity index (χ0n) is 12.3. The average Bonchev–Trinajstić information content (AvgIpc) is 2.54. The number of rotatable bonds is 7. The molecule has 2 aromatic carbocycles. The molecule has 2 aromatic rings. The summed E-state index contributed by atoms with van der Waals surface area (Å²) in [6.07, 6.45) is 0. The fraction of sp³-hybridized carbons (Fsp3) is 0.235. The Morgan fingerprint density at radius 2 is 1.82 bits per heavy atom. The predicted octanol–water partition coefficient (Wildman–Crippen LogP) is 3.55. The second-order valence-corrected chi connectivity index (χ2v) is 4.92. The zero-order chi connectivity index (χ0) is 15.8. The lowest BCUT2D eigenvalue weighted by Gasteiger charge is -2.11. The van der Waals surface area contributed by atoms with Gasteiger partial charge in [0, 0.05) is 5.02 Å². The first-order valence-corrected chi connectivity index (χ1v) is 7.47. The minimum atomic E-state index is -0.177. The van der Waals surface area contributed by atoms with Gasteiger partial charge in [0.25, 0.3) is 5.91 Å². The molecule has 0 unspecified atom stereocenters. The summed E-state index contributed by atoms with van der Waals surface area (Å²) in [5.74, 6) is 1.12. The summed E-state index contributed by atoms with van der Waals surface area (Å²) in [5.41, 5.74) is 0.524. The molecule has 0 aliphatic carbocycles. The fourth-order valence-electron chi connectivity index (χ4n) is 1.90. The highest BCUT2D eigenvalue weighted by atomic mass is 35.5. The van der Waals surface area contributed by atoms with Crippen LogP contribution in [0.4, 0.5) is 0 Å². The molecule has 5 heteroatoms. The number of nitrogens with one attached hydrogen (secondary N) is 1. The molecule has 0 aliphatic heterocycles. The summed E-state index contributed by atoms with van der Waals surface area (Å²) in [4.78, 5) is 12.1. The summed E-state index contributed by atoms with van der Waals surface area (Å²) >= 11 is 5.80. The molecule has 0 aromatic heterocycles. The summed E-state index contributed by atoms with van der Waals surface area (Å²) in [6, 6.07) is 14.3. The number of carbonyl (C=O) groups excluding carboxylic acids is 1. The summed E-state index contributed by atoms with van der Waals surface area (Å²) in [6.45, 7) is 3.19. The molecule has 116 valence electrons. The van der Waals surface area contributed by atoms with Gasteiger partial charge in [0.1, 0.15) is 18.1 Å². The normalized spacial score (nSPS) is 10.1. The van der Waals surface area contributed by atoms with Crippen molar-refractivity contribution in [3.63, 3.8) is 0 Å². The van der Waals surface area contributed by atoms with Crippen LogP contribution in [-0.2, 0) is 0 Å². The third kappa shape index (κ3) is 4.67. The van der Waals surface area contributed by atoms with E-state index in [2.05, 4.69) is 5.32 Å². The largest absolute Gasteiger partial charge is 0.493 e. The number of hydrogen-bond acceptors (Lipinski definition) is 3. The zero-order valence-corrected chi connectivity index (χ0v) is 13.1. The van der Waals surface area contributed by atoms with Crippen LogP contribution in [0, 0.1) is 0 Å². The maximum Gasteiger partial charge on any atom is 0.255 e. The SMILES string of the molecule is CCOc1ccccc1C(=O)NCCOc1ccc(Cl)cc1. The van der Waals surface area contributed by atoms with Crippen LogP contribution in [0.5, 0.6) is 11.5 Å². The molecule has 4 nitrogen and oxygen atoms in total. The molecule has 1 N–H and O–H groups in total. The Kier molecular flexibility index (Phi) is 6.10. The molecule has 0 saturated carbocycles. The number of para-hydroxylation sites is 1. The van der Waals surface area contributed by atoms with Crippen LogP contribution < -0.4 is 14.8 Å². The van der Waals surface area contributed by atoms with Crippen LogP contribution >= 0.6 is 11.6 Å². The van der Waals surface area contributed by atoms with Crippen LogP contribution in [0.15, 0.2) is 48.5 Å². The van der Waals surface area contributed by atoms with E-state index in [9.17, 15) is 4.79 Å². The van der Waals surface area contributed by atoms with Crippen molar-refractivity contribution in [2.75, 3.05) is 19.8 Å². The van der Waals surface area contributed by atoms with Gasteiger partial charge in [-0.15, -0.1) is 0 Å². The Labute approximate surface area is 135 Å². The van der Waals surface area contributed by atoms with E-state index in [0.29, 0.717) is 41.8 Å². The lowest BCUT2D eigenvalue weighted by Crippen LogP contribution is -2.28. The third-order valence-corrected chi connectivity index (χ3v) is 3.15. The van der Waals surface area contributed by atoms with E-state index in [0.717, 1.165) is 0 Å². The highest BCUT2D eigenvalue weighted by molar-refractivity contribution is 6.30. The summed E-state index contributed by atoms with van der Waals surface area (Å²) in [5, 5.41) is 3.47. The molecule has 0 spiro atoms. The lowest BCUT2D eigenvalue weighted by atomic mass is 10.2. The number of ether oxygens (including phenoxy) is 2. The van der Waals surface area contributed by atoms with Crippen molar-refractivity contribution in [3.8, 4) is 11.5 Å². The molecule has 0 aliphatic rings. The number of amides is 1. The van der Waals surface area contributed by atoms with Gasteiger partial charge in [0.15, 0.2) is 0 Å². The molecular weight excluding hydrogens is 302 g/mol. The van der Waals surface area contributed by atoms with E-state index in [4.69, 9.17) is 21.1 Å². The van der Waals surface area contributed by atoms with E-state index in [1.807, 2.05) is 19.1 Å². The van der Waals surface area contributed by atoms with Gasteiger partial charge >= 0.3 is 0 Å². The summed E-state index contributed by atoms with van der Waals surface area (Å²) < 4.78 is 11.0. The van der Waals surface area contributed by atoms with Crippen molar-refractivity contribution < 1.29 is 14.3 Å². The Balaban J connectivity index is 1.81. The molecule has 2 rings (SSSR count). The first-order chi connectivity index (χ1) is 10.7. The molecule has 0 atom stereocenters. The number of benzene rings is 2. The Morgan fingerprint density at radius 3 is 2.55 bits per heavy atom. The minimum Gasteiger partial charge on any atom is -0.493 e. The Bertz CT molecular complexity index is 614. The van der Waals surface area contributed by atoms with E-state index in [-0.39, 0.29) is 5.91 Å². The van der Waals surface area contributed by atoms with E-state index in [1.165, 1.54) is 0 Å². The molecule has 22 heavy (non-hydrogen) atoms. The van der Waals surface area contributed by atoms with Gasteiger partial charge in [0.2, 0.25) is 0 Å².